The molecule has 38 heavy (non-hydrogen) atoms. The maximum absolute atomic E-state index is 4.60. The molecule has 2 heteroatoms. The molecule has 1 heterocycles. The first-order valence-electron chi connectivity index (χ1n) is 13.2. The van der Waals surface area contributed by atoms with E-state index in [9.17, 15) is 0 Å². The second-order valence-electron chi connectivity index (χ2n) is 11.0. The number of aryl methyl sites for hydroxylation is 2. The molecular weight excluding hydrogens is 478 g/mol. The molecule has 0 unspecified atom stereocenters. The molecule has 1 aromatic heterocycles. The van der Waals surface area contributed by atoms with Crippen LogP contribution in [0.1, 0.15) is 36.1 Å². The Balaban J connectivity index is 1.49. The molecule has 0 saturated carbocycles. The molecule has 0 atom stereocenters. The standard InChI is InChI=1S/C36H29NS/c1-22-13-15-25(19-23(22)2)38-35-29-11-6-5-10-28(29)34(31-21-37-18-17-30(31)35)24-14-16-27-26-9-7-8-12-32(26)36(3,4)33(27)20-24/h5-21H,1-4H3. The van der Waals surface area contributed by atoms with E-state index in [0.29, 0.717) is 0 Å². The summed E-state index contributed by atoms with van der Waals surface area (Å²) in [5, 5.41) is 5.01. The third kappa shape index (κ3) is 3.44. The molecule has 0 bridgehead atoms. The molecule has 1 nitrogen and oxygen atoms in total. The van der Waals surface area contributed by atoms with E-state index >= 15 is 0 Å². The second kappa shape index (κ2) is 8.58. The van der Waals surface area contributed by atoms with E-state index in [1.54, 1.807) is 0 Å². The number of aromatic nitrogens is 1. The zero-order valence-corrected chi connectivity index (χ0v) is 23.0. The van der Waals surface area contributed by atoms with Gasteiger partial charge in [0.2, 0.25) is 0 Å². The highest BCUT2D eigenvalue weighted by Gasteiger charge is 2.35. The fourth-order valence-electron chi connectivity index (χ4n) is 6.16. The first-order valence-corrected chi connectivity index (χ1v) is 14.0. The lowest BCUT2D eigenvalue weighted by Crippen LogP contribution is -2.14. The molecule has 0 saturated heterocycles. The van der Waals surface area contributed by atoms with Gasteiger partial charge in [-0.1, -0.05) is 92.3 Å². The van der Waals surface area contributed by atoms with E-state index in [2.05, 4.69) is 130 Å². The van der Waals surface area contributed by atoms with Gasteiger partial charge in [0.15, 0.2) is 0 Å². The molecule has 0 spiro atoms. The van der Waals surface area contributed by atoms with Crippen LogP contribution in [0.15, 0.2) is 113 Å². The number of hydrogen-bond donors (Lipinski definition) is 0. The summed E-state index contributed by atoms with van der Waals surface area (Å²) in [6.07, 6.45) is 3.97. The van der Waals surface area contributed by atoms with Crippen LogP contribution in [0.5, 0.6) is 0 Å². The van der Waals surface area contributed by atoms with Crippen LogP contribution in [0.2, 0.25) is 0 Å². The first kappa shape index (κ1) is 23.3. The van der Waals surface area contributed by atoms with Gasteiger partial charge in [0, 0.05) is 33.0 Å². The topological polar surface area (TPSA) is 12.9 Å². The summed E-state index contributed by atoms with van der Waals surface area (Å²) in [5.74, 6) is 0. The predicted octanol–water partition coefficient (Wildman–Crippen LogP) is 10.1. The van der Waals surface area contributed by atoms with Gasteiger partial charge in [0.05, 0.1) is 0 Å². The van der Waals surface area contributed by atoms with Crippen molar-refractivity contribution in [2.24, 2.45) is 0 Å². The fraction of sp³-hybridized carbons (Fsp3) is 0.139. The predicted molar refractivity (Wildman–Crippen MR) is 162 cm³/mol. The van der Waals surface area contributed by atoms with Crippen LogP contribution in [0.3, 0.4) is 0 Å². The summed E-state index contributed by atoms with van der Waals surface area (Å²) in [4.78, 5) is 7.16. The first-order chi connectivity index (χ1) is 18.4. The Morgan fingerprint density at radius 1 is 0.632 bits per heavy atom. The van der Waals surface area contributed by atoms with E-state index in [1.807, 2.05) is 18.0 Å². The van der Waals surface area contributed by atoms with Gasteiger partial charge in [0.1, 0.15) is 0 Å². The van der Waals surface area contributed by atoms with Crippen LogP contribution in [0.4, 0.5) is 0 Å². The normalized spacial score (nSPS) is 13.6. The zero-order valence-electron chi connectivity index (χ0n) is 22.2. The number of rotatable bonds is 3. The minimum Gasteiger partial charge on any atom is -0.264 e. The van der Waals surface area contributed by atoms with Gasteiger partial charge in [-0.2, -0.15) is 0 Å². The van der Waals surface area contributed by atoms with Crippen molar-refractivity contribution in [3.8, 4) is 22.3 Å². The molecule has 5 aromatic carbocycles. The van der Waals surface area contributed by atoms with Crippen molar-refractivity contribution in [2.75, 3.05) is 0 Å². The number of benzene rings is 5. The number of fused-ring (bicyclic) bond motifs is 5. The highest BCUT2D eigenvalue weighted by molar-refractivity contribution is 7.99. The summed E-state index contributed by atoms with van der Waals surface area (Å²) >= 11 is 1.86. The smallest absolute Gasteiger partial charge is 0.0353 e. The van der Waals surface area contributed by atoms with Crippen molar-refractivity contribution < 1.29 is 0 Å². The molecule has 0 aliphatic heterocycles. The van der Waals surface area contributed by atoms with Crippen LogP contribution in [-0.4, -0.2) is 4.98 Å². The van der Waals surface area contributed by atoms with Crippen molar-refractivity contribution in [1.29, 1.82) is 0 Å². The number of nitrogens with zero attached hydrogens (tertiary/aromatic N) is 1. The second-order valence-corrected chi connectivity index (χ2v) is 12.0. The molecular formula is C36H29NS. The Kier molecular flexibility index (Phi) is 5.25. The highest BCUT2D eigenvalue weighted by Crippen LogP contribution is 2.51. The summed E-state index contributed by atoms with van der Waals surface area (Å²) in [7, 11) is 0. The summed E-state index contributed by atoms with van der Waals surface area (Å²) in [5.41, 5.74) is 10.6. The fourth-order valence-corrected chi connectivity index (χ4v) is 7.34. The van der Waals surface area contributed by atoms with Crippen molar-refractivity contribution in [3.05, 3.63) is 126 Å². The maximum atomic E-state index is 4.60. The minimum absolute atomic E-state index is 0.0368. The van der Waals surface area contributed by atoms with E-state index < -0.39 is 0 Å². The number of hydrogen-bond acceptors (Lipinski definition) is 2. The lowest BCUT2D eigenvalue weighted by Gasteiger charge is -2.23. The Bertz CT molecular complexity index is 1840. The van der Waals surface area contributed by atoms with Gasteiger partial charge in [-0.3, -0.25) is 4.98 Å². The van der Waals surface area contributed by atoms with Gasteiger partial charge in [-0.05, 0) is 98.8 Å². The monoisotopic (exact) mass is 507 g/mol. The van der Waals surface area contributed by atoms with Crippen molar-refractivity contribution in [3.63, 3.8) is 0 Å². The third-order valence-electron chi connectivity index (χ3n) is 8.35. The van der Waals surface area contributed by atoms with Crippen LogP contribution < -0.4 is 0 Å². The summed E-state index contributed by atoms with van der Waals surface area (Å²) < 4.78 is 0. The van der Waals surface area contributed by atoms with Gasteiger partial charge in [-0.25, -0.2) is 0 Å². The van der Waals surface area contributed by atoms with Gasteiger partial charge >= 0.3 is 0 Å². The van der Waals surface area contributed by atoms with Crippen LogP contribution >= 0.6 is 11.8 Å². The Morgan fingerprint density at radius 3 is 2.21 bits per heavy atom. The molecule has 184 valence electrons. The Hall–Kier alpha value is -3.88. The lowest BCUT2D eigenvalue weighted by molar-refractivity contribution is 0.660. The van der Waals surface area contributed by atoms with Crippen LogP contribution in [-0.2, 0) is 5.41 Å². The summed E-state index contributed by atoms with van der Waals surface area (Å²) in [6.45, 7) is 9.06. The zero-order chi connectivity index (χ0) is 26.0. The van der Waals surface area contributed by atoms with Gasteiger partial charge in [0.25, 0.3) is 0 Å². The molecule has 1 aliphatic rings. The third-order valence-corrected chi connectivity index (χ3v) is 9.48. The number of pyridine rings is 1. The molecule has 0 fully saturated rings. The van der Waals surface area contributed by atoms with Crippen molar-refractivity contribution in [2.45, 2.75) is 42.9 Å². The molecule has 1 aliphatic carbocycles. The molecule has 7 rings (SSSR count). The molecule has 0 amide bonds. The van der Waals surface area contributed by atoms with E-state index in [4.69, 9.17) is 0 Å². The van der Waals surface area contributed by atoms with Crippen LogP contribution in [0, 0.1) is 13.8 Å². The Morgan fingerprint density at radius 2 is 1.37 bits per heavy atom. The minimum atomic E-state index is -0.0368. The van der Waals surface area contributed by atoms with Crippen LogP contribution in [0.25, 0.3) is 43.8 Å². The van der Waals surface area contributed by atoms with E-state index in [1.165, 1.54) is 75.8 Å². The quantitative estimate of drug-likeness (QED) is 0.221. The largest absolute Gasteiger partial charge is 0.264 e. The van der Waals surface area contributed by atoms with Gasteiger partial charge < -0.3 is 0 Å². The average molecular weight is 508 g/mol. The molecule has 0 N–H and O–H groups in total. The van der Waals surface area contributed by atoms with Gasteiger partial charge in [-0.15, -0.1) is 0 Å². The SMILES string of the molecule is Cc1ccc(Sc2c3ccccc3c(-c3ccc4c(c3)C(C)(C)c3ccccc3-4)c3cnccc23)cc1C. The maximum Gasteiger partial charge on any atom is 0.0353 e. The van der Waals surface area contributed by atoms with Crippen molar-refractivity contribution >= 4 is 33.3 Å². The Labute approximate surface area is 228 Å². The van der Waals surface area contributed by atoms with E-state index in [-0.39, 0.29) is 5.41 Å². The highest BCUT2D eigenvalue weighted by atomic mass is 32.2. The van der Waals surface area contributed by atoms with Crippen molar-refractivity contribution in [1.82, 2.24) is 4.98 Å². The summed E-state index contributed by atoms with van der Waals surface area (Å²) in [6, 6.07) is 33.7. The average Bonchev–Trinajstić information content (AvgIpc) is 3.17. The molecule has 6 aromatic rings. The van der Waals surface area contributed by atoms with E-state index in [0.717, 1.165) is 0 Å². The molecule has 0 radical (unpaired) electrons. The lowest BCUT2D eigenvalue weighted by atomic mass is 9.81.